The Hall–Kier alpha value is -3.00. The number of aromatic nitrogens is 4. The zero-order chi connectivity index (χ0) is 19.7. The Kier molecular flexibility index (Phi) is 4.95. The number of benzene rings is 1. The zero-order valence-electron chi connectivity index (χ0n) is 16.1. The lowest BCUT2D eigenvalue weighted by Crippen LogP contribution is -2.39. The van der Waals surface area contributed by atoms with Crippen molar-refractivity contribution in [3.8, 4) is 5.69 Å². The molecule has 2 aromatic heterocycles. The van der Waals surface area contributed by atoms with Gasteiger partial charge >= 0.3 is 0 Å². The molecule has 8 nitrogen and oxygen atoms in total. The second kappa shape index (κ2) is 7.55. The van der Waals surface area contributed by atoms with Gasteiger partial charge in [0.25, 0.3) is 5.91 Å². The summed E-state index contributed by atoms with van der Waals surface area (Å²) in [5, 5.41) is 13.0. The van der Waals surface area contributed by atoms with E-state index in [0.717, 1.165) is 36.3 Å². The number of hydrogen-bond donors (Lipinski definition) is 1. The summed E-state index contributed by atoms with van der Waals surface area (Å²) in [5.74, 6) is 1.89. The summed E-state index contributed by atoms with van der Waals surface area (Å²) in [4.78, 5) is 16.5. The molecule has 0 radical (unpaired) electrons. The number of furan rings is 1. The molecule has 3 heterocycles. The highest BCUT2D eigenvalue weighted by molar-refractivity contribution is 5.95. The maximum atomic E-state index is 13.1. The van der Waals surface area contributed by atoms with Crippen LogP contribution >= 0.6 is 0 Å². The van der Waals surface area contributed by atoms with Crippen molar-refractivity contribution in [1.29, 1.82) is 0 Å². The first-order chi connectivity index (χ1) is 13.6. The van der Waals surface area contributed by atoms with Crippen molar-refractivity contribution in [2.45, 2.75) is 45.7 Å². The van der Waals surface area contributed by atoms with E-state index in [9.17, 15) is 4.79 Å². The Morgan fingerprint density at radius 2 is 2.14 bits per heavy atom. The Balaban J connectivity index is 1.62. The number of rotatable bonds is 4. The minimum absolute atomic E-state index is 0.0412. The molecule has 0 aliphatic carbocycles. The van der Waals surface area contributed by atoms with Gasteiger partial charge in [0, 0.05) is 13.1 Å². The summed E-state index contributed by atoms with van der Waals surface area (Å²) in [6.45, 7) is 4.78. The Bertz CT molecular complexity index is 992. The lowest BCUT2D eigenvalue weighted by atomic mass is 10.0. The lowest BCUT2D eigenvalue weighted by molar-refractivity contribution is 0.0598. The van der Waals surface area contributed by atoms with Gasteiger partial charge in [-0.3, -0.25) is 4.79 Å². The summed E-state index contributed by atoms with van der Waals surface area (Å²) in [7, 11) is 0. The van der Waals surface area contributed by atoms with E-state index in [-0.39, 0.29) is 11.9 Å². The molecule has 28 heavy (non-hydrogen) atoms. The number of hydrogen-bond acceptors (Lipinski definition) is 6. The number of carbonyl (C=O) groups excluding carboxylic acids is 1. The molecule has 1 saturated heterocycles. The first-order valence-corrected chi connectivity index (χ1v) is 9.54. The Morgan fingerprint density at radius 3 is 2.89 bits per heavy atom. The third kappa shape index (κ3) is 3.43. The average Bonchev–Trinajstić information content (AvgIpc) is 3.34. The van der Waals surface area contributed by atoms with E-state index in [4.69, 9.17) is 10.2 Å². The van der Waals surface area contributed by atoms with Gasteiger partial charge in [0.05, 0.1) is 17.3 Å². The van der Waals surface area contributed by atoms with Crippen LogP contribution in [0.1, 0.15) is 58.6 Å². The normalized spacial score (nSPS) is 17.1. The summed E-state index contributed by atoms with van der Waals surface area (Å²) in [5.41, 5.74) is 8.13. The molecule has 2 N–H and O–H groups in total. The molecule has 1 aliphatic heterocycles. The highest BCUT2D eigenvalue weighted by Crippen LogP contribution is 2.31. The maximum Gasteiger partial charge on any atom is 0.258 e. The van der Waals surface area contributed by atoms with Gasteiger partial charge in [-0.15, -0.1) is 15.0 Å². The highest BCUT2D eigenvalue weighted by Gasteiger charge is 2.33. The summed E-state index contributed by atoms with van der Waals surface area (Å²) < 4.78 is 5.55. The van der Waals surface area contributed by atoms with Crippen LogP contribution in [0.25, 0.3) is 5.69 Å². The lowest BCUT2D eigenvalue weighted by Gasteiger charge is -2.33. The van der Waals surface area contributed by atoms with E-state index in [0.29, 0.717) is 30.2 Å². The molecule has 0 bridgehead atoms. The third-order valence-electron chi connectivity index (χ3n) is 5.14. The summed E-state index contributed by atoms with van der Waals surface area (Å²) in [6.07, 6.45) is 2.80. The Morgan fingerprint density at radius 1 is 1.29 bits per heavy atom. The van der Waals surface area contributed by atoms with Gasteiger partial charge in [0.15, 0.2) is 5.82 Å². The number of piperidine rings is 1. The van der Waals surface area contributed by atoms with Crippen LogP contribution < -0.4 is 5.73 Å². The van der Waals surface area contributed by atoms with E-state index in [1.165, 1.54) is 4.80 Å². The van der Waals surface area contributed by atoms with Crippen LogP contribution in [0.2, 0.25) is 0 Å². The van der Waals surface area contributed by atoms with Gasteiger partial charge in [-0.05, 0) is 62.1 Å². The van der Waals surface area contributed by atoms with Gasteiger partial charge in [-0.1, -0.05) is 12.1 Å². The predicted octanol–water partition coefficient (Wildman–Crippen LogP) is 2.70. The van der Waals surface area contributed by atoms with E-state index < -0.39 is 0 Å². The van der Waals surface area contributed by atoms with Crippen LogP contribution in [0.15, 0.2) is 34.7 Å². The molecule has 1 fully saturated rings. The second-order valence-corrected chi connectivity index (χ2v) is 7.15. The van der Waals surface area contributed by atoms with Crippen LogP contribution in [0.3, 0.4) is 0 Å². The molecule has 4 rings (SSSR count). The summed E-state index contributed by atoms with van der Waals surface area (Å²) >= 11 is 0. The van der Waals surface area contributed by atoms with Crippen LogP contribution in [-0.2, 0) is 6.54 Å². The second-order valence-electron chi connectivity index (χ2n) is 7.15. The average molecular weight is 380 g/mol. The number of tetrazole rings is 1. The molecule has 1 unspecified atom stereocenters. The molecule has 146 valence electrons. The number of nitrogens with zero attached hydrogens (tertiary/aromatic N) is 5. The van der Waals surface area contributed by atoms with Gasteiger partial charge in [-0.2, -0.15) is 0 Å². The van der Waals surface area contributed by atoms with Crippen molar-refractivity contribution in [2.75, 3.05) is 6.54 Å². The minimum Gasteiger partial charge on any atom is -0.466 e. The van der Waals surface area contributed by atoms with E-state index >= 15 is 0 Å². The smallest absolute Gasteiger partial charge is 0.258 e. The number of aryl methyl sites for hydroxylation is 2. The highest BCUT2D eigenvalue weighted by atomic mass is 16.3. The number of likely N-dealkylation sites (tertiary alicyclic amines) is 1. The SMILES string of the molecule is Cc1cc(C(=O)N2CCCCC2c2nnn(-c3cccc(CN)c3)n2)c(C)o1. The first kappa shape index (κ1) is 18.4. The maximum absolute atomic E-state index is 13.1. The molecule has 0 spiro atoms. The van der Waals surface area contributed by atoms with E-state index in [2.05, 4.69) is 15.4 Å². The molecule has 1 atom stereocenters. The van der Waals surface area contributed by atoms with Gasteiger partial charge in [0.1, 0.15) is 11.5 Å². The number of amides is 1. The van der Waals surface area contributed by atoms with Crippen LogP contribution in [0, 0.1) is 13.8 Å². The first-order valence-electron chi connectivity index (χ1n) is 9.54. The molecule has 0 saturated carbocycles. The largest absolute Gasteiger partial charge is 0.466 e. The van der Waals surface area contributed by atoms with Crippen molar-refractivity contribution < 1.29 is 9.21 Å². The fourth-order valence-electron chi connectivity index (χ4n) is 3.72. The number of nitrogens with two attached hydrogens (primary N) is 1. The fraction of sp³-hybridized carbons (Fsp3) is 0.400. The standard InChI is InChI=1S/C20H24N6O2/c1-13-10-17(14(2)28-13)20(27)25-9-4-3-8-18(25)19-22-24-26(23-19)16-7-5-6-15(11-16)12-21/h5-7,10-11,18H,3-4,8-9,12,21H2,1-2H3. The van der Waals surface area contributed by atoms with Crippen molar-refractivity contribution in [2.24, 2.45) is 5.73 Å². The molecule has 1 aromatic carbocycles. The van der Waals surface area contributed by atoms with Crippen LogP contribution in [-0.4, -0.2) is 37.6 Å². The molecule has 3 aromatic rings. The molecular formula is C20H24N6O2. The molecular weight excluding hydrogens is 356 g/mol. The van der Waals surface area contributed by atoms with Crippen molar-refractivity contribution in [3.63, 3.8) is 0 Å². The number of carbonyl (C=O) groups is 1. The Labute approximate surface area is 163 Å². The molecule has 1 aliphatic rings. The summed E-state index contributed by atoms with van der Waals surface area (Å²) in [6, 6.07) is 9.33. The van der Waals surface area contributed by atoms with Crippen molar-refractivity contribution in [3.05, 3.63) is 58.8 Å². The predicted molar refractivity (Wildman–Crippen MR) is 103 cm³/mol. The van der Waals surface area contributed by atoms with Gasteiger partial charge in [0.2, 0.25) is 0 Å². The topological polar surface area (TPSA) is 103 Å². The van der Waals surface area contributed by atoms with Crippen LogP contribution in [0.5, 0.6) is 0 Å². The third-order valence-corrected chi connectivity index (χ3v) is 5.14. The van der Waals surface area contributed by atoms with Crippen molar-refractivity contribution in [1.82, 2.24) is 25.1 Å². The van der Waals surface area contributed by atoms with Crippen molar-refractivity contribution >= 4 is 5.91 Å². The monoisotopic (exact) mass is 380 g/mol. The van der Waals surface area contributed by atoms with Gasteiger partial charge < -0.3 is 15.1 Å². The molecule has 8 heteroatoms. The zero-order valence-corrected chi connectivity index (χ0v) is 16.1. The quantitative estimate of drug-likeness (QED) is 0.746. The fourth-order valence-corrected chi connectivity index (χ4v) is 3.72. The minimum atomic E-state index is -0.192. The van der Waals surface area contributed by atoms with Gasteiger partial charge in [-0.25, -0.2) is 0 Å². The van der Waals surface area contributed by atoms with E-state index in [1.807, 2.05) is 43.0 Å². The van der Waals surface area contributed by atoms with E-state index in [1.54, 1.807) is 6.07 Å². The van der Waals surface area contributed by atoms with Crippen LogP contribution in [0.4, 0.5) is 0 Å². The molecule has 1 amide bonds.